The average molecular weight is 263 g/mol. The van der Waals surface area contributed by atoms with Crippen LogP contribution in [0, 0.1) is 6.92 Å². The third kappa shape index (κ3) is 3.21. The Labute approximate surface area is 113 Å². The Balaban J connectivity index is 2.05. The van der Waals surface area contributed by atoms with Crippen LogP contribution in [0.2, 0.25) is 0 Å². The molecule has 0 amide bonds. The highest BCUT2D eigenvalue weighted by Gasteiger charge is 2.06. The van der Waals surface area contributed by atoms with Crippen molar-refractivity contribution in [2.75, 3.05) is 6.54 Å². The summed E-state index contributed by atoms with van der Waals surface area (Å²) in [5.41, 5.74) is 2.42. The minimum absolute atomic E-state index is 0.887. The fourth-order valence-electron chi connectivity index (χ4n) is 1.93. The van der Waals surface area contributed by atoms with Crippen molar-refractivity contribution in [3.8, 4) is 0 Å². The van der Waals surface area contributed by atoms with Gasteiger partial charge in [0.1, 0.15) is 0 Å². The molecule has 0 aliphatic heterocycles. The van der Waals surface area contributed by atoms with E-state index >= 15 is 0 Å². The molecule has 3 nitrogen and oxygen atoms in total. The SMILES string of the molecule is CCNCc1cn(Cc2ccc(CC)s2)nc1C. The van der Waals surface area contributed by atoms with Gasteiger partial charge in [-0.3, -0.25) is 4.68 Å². The summed E-state index contributed by atoms with van der Waals surface area (Å²) in [6.07, 6.45) is 3.28. The van der Waals surface area contributed by atoms with Crippen molar-refractivity contribution in [1.82, 2.24) is 15.1 Å². The molecule has 2 rings (SSSR count). The first-order chi connectivity index (χ1) is 8.72. The van der Waals surface area contributed by atoms with Crippen LogP contribution in [-0.2, 0) is 19.5 Å². The summed E-state index contributed by atoms with van der Waals surface area (Å²) in [7, 11) is 0. The Hall–Kier alpha value is -1.13. The van der Waals surface area contributed by atoms with Crippen LogP contribution in [-0.4, -0.2) is 16.3 Å². The number of aromatic nitrogens is 2. The zero-order valence-corrected chi connectivity index (χ0v) is 12.2. The molecule has 0 saturated carbocycles. The third-order valence-corrected chi connectivity index (χ3v) is 4.21. The Morgan fingerprint density at radius 1 is 1.28 bits per heavy atom. The quantitative estimate of drug-likeness (QED) is 0.868. The van der Waals surface area contributed by atoms with E-state index in [-0.39, 0.29) is 0 Å². The van der Waals surface area contributed by atoms with Crippen LogP contribution in [0.15, 0.2) is 18.3 Å². The van der Waals surface area contributed by atoms with Gasteiger partial charge >= 0.3 is 0 Å². The molecule has 18 heavy (non-hydrogen) atoms. The van der Waals surface area contributed by atoms with Crippen LogP contribution in [0.5, 0.6) is 0 Å². The van der Waals surface area contributed by atoms with Crippen molar-refractivity contribution in [3.63, 3.8) is 0 Å². The van der Waals surface area contributed by atoms with Gasteiger partial charge in [-0.15, -0.1) is 11.3 Å². The Morgan fingerprint density at radius 2 is 2.06 bits per heavy atom. The molecule has 0 radical (unpaired) electrons. The minimum Gasteiger partial charge on any atom is -0.313 e. The standard InChI is InChI=1S/C14H21N3S/c1-4-13-6-7-14(18-13)10-17-9-12(8-15-5-2)11(3)16-17/h6-7,9,15H,4-5,8,10H2,1-3H3. The van der Waals surface area contributed by atoms with E-state index in [1.165, 1.54) is 15.3 Å². The molecule has 0 spiro atoms. The van der Waals surface area contributed by atoms with Gasteiger partial charge < -0.3 is 5.32 Å². The minimum atomic E-state index is 0.887. The fraction of sp³-hybridized carbons (Fsp3) is 0.500. The molecule has 0 aromatic carbocycles. The van der Waals surface area contributed by atoms with Gasteiger partial charge in [0.05, 0.1) is 12.2 Å². The molecule has 2 heterocycles. The van der Waals surface area contributed by atoms with Gasteiger partial charge in [-0.05, 0) is 32.0 Å². The fourth-order valence-corrected chi connectivity index (χ4v) is 2.88. The molecule has 0 fully saturated rings. The first-order valence-electron chi connectivity index (χ1n) is 6.54. The van der Waals surface area contributed by atoms with Gasteiger partial charge in [0.15, 0.2) is 0 Å². The maximum Gasteiger partial charge on any atom is 0.0752 e. The molecule has 0 bridgehead atoms. The van der Waals surface area contributed by atoms with Crippen LogP contribution in [0.3, 0.4) is 0 Å². The van der Waals surface area contributed by atoms with Crippen LogP contribution in [0.4, 0.5) is 0 Å². The topological polar surface area (TPSA) is 29.9 Å². The second kappa shape index (κ2) is 6.16. The zero-order chi connectivity index (χ0) is 13.0. The van der Waals surface area contributed by atoms with Gasteiger partial charge in [-0.1, -0.05) is 13.8 Å². The van der Waals surface area contributed by atoms with E-state index in [9.17, 15) is 0 Å². The van der Waals surface area contributed by atoms with Crippen LogP contribution >= 0.6 is 11.3 Å². The lowest BCUT2D eigenvalue weighted by atomic mass is 10.2. The van der Waals surface area contributed by atoms with E-state index in [4.69, 9.17) is 0 Å². The Kier molecular flexibility index (Phi) is 4.55. The monoisotopic (exact) mass is 263 g/mol. The van der Waals surface area contributed by atoms with Gasteiger partial charge in [-0.25, -0.2) is 0 Å². The van der Waals surface area contributed by atoms with Gasteiger partial charge in [0, 0.05) is 28.1 Å². The summed E-state index contributed by atoms with van der Waals surface area (Å²) in [5.74, 6) is 0. The number of aryl methyl sites for hydroxylation is 2. The second-order valence-electron chi connectivity index (χ2n) is 4.44. The Bertz CT molecular complexity index is 499. The molecule has 98 valence electrons. The van der Waals surface area contributed by atoms with Crippen molar-refractivity contribution in [2.24, 2.45) is 0 Å². The molecule has 1 N–H and O–H groups in total. The number of rotatable bonds is 6. The Morgan fingerprint density at radius 3 is 2.72 bits per heavy atom. The van der Waals surface area contributed by atoms with Crippen molar-refractivity contribution in [2.45, 2.75) is 40.3 Å². The molecule has 0 unspecified atom stereocenters. The maximum atomic E-state index is 4.58. The smallest absolute Gasteiger partial charge is 0.0752 e. The summed E-state index contributed by atoms with van der Waals surface area (Å²) in [6, 6.07) is 4.43. The second-order valence-corrected chi connectivity index (χ2v) is 5.69. The predicted molar refractivity (Wildman–Crippen MR) is 77.1 cm³/mol. The molecular formula is C14H21N3S. The van der Waals surface area contributed by atoms with Crippen molar-refractivity contribution in [1.29, 1.82) is 0 Å². The van der Waals surface area contributed by atoms with Crippen LogP contribution in [0.25, 0.3) is 0 Å². The number of nitrogens with one attached hydrogen (secondary N) is 1. The molecule has 0 atom stereocenters. The molecule has 2 aromatic rings. The van der Waals surface area contributed by atoms with Gasteiger partial charge in [-0.2, -0.15) is 5.10 Å². The lowest BCUT2D eigenvalue weighted by Gasteiger charge is -1.98. The maximum absolute atomic E-state index is 4.58. The largest absolute Gasteiger partial charge is 0.313 e. The number of thiophene rings is 1. The summed E-state index contributed by atoms with van der Waals surface area (Å²) in [6.45, 7) is 9.19. The van der Waals surface area contributed by atoms with Gasteiger partial charge in [0.25, 0.3) is 0 Å². The van der Waals surface area contributed by atoms with Crippen LogP contribution in [0.1, 0.15) is 34.9 Å². The highest BCUT2D eigenvalue weighted by atomic mass is 32.1. The molecule has 4 heteroatoms. The summed E-state index contributed by atoms with van der Waals surface area (Å²) < 4.78 is 2.05. The zero-order valence-electron chi connectivity index (χ0n) is 11.4. The lowest BCUT2D eigenvalue weighted by Crippen LogP contribution is -2.11. The molecule has 0 aliphatic carbocycles. The van der Waals surface area contributed by atoms with E-state index in [0.717, 1.165) is 31.7 Å². The molecular weight excluding hydrogens is 242 g/mol. The van der Waals surface area contributed by atoms with Crippen LogP contribution < -0.4 is 5.32 Å². The summed E-state index contributed by atoms with van der Waals surface area (Å²) in [5, 5.41) is 7.92. The molecule has 0 aliphatic rings. The first kappa shape index (κ1) is 13.3. The summed E-state index contributed by atoms with van der Waals surface area (Å²) in [4.78, 5) is 2.83. The highest BCUT2D eigenvalue weighted by molar-refractivity contribution is 7.11. The van der Waals surface area contributed by atoms with E-state index in [2.05, 4.69) is 49.5 Å². The van der Waals surface area contributed by atoms with Gasteiger partial charge in [0.2, 0.25) is 0 Å². The van der Waals surface area contributed by atoms with E-state index < -0.39 is 0 Å². The molecule has 0 saturated heterocycles. The van der Waals surface area contributed by atoms with Crippen molar-refractivity contribution < 1.29 is 0 Å². The predicted octanol–water partition coefficient (Wildman–Crippen LogP) is 2.97. The normalized spacial score (nSPS) is 11.1. The van der Waals surface area contributed by atoms with E-state index in [1.54, 1.807) is 0 Å². The number of nitrogens with zero attached hydrogens (tertiary/aromatic N) is 2. The van der Waals surface area contributed by atoms with E-state index in [1.807, 2.05) is 16.0 Å². The molecule has 2 aromatic heterocycles. The van der Waals surface area contributed by atoms with Crippen molar-refractivity contribution >= 4 is 11.3 Å². The summed E-state index contributed by atoms with van der Waals surface area (Å²) >= 11 is 1.88. The number of hydrogen-bond donors (Lipinski definition) is 1. The average Bonchev–Trinajstić information content (AvgIpc) is 2.94. The van der Waals surface area contributed by atoms with E-state index in [0.29, 0.717) is 0 Å². The lowest BCUT2D eigenvalue weighted by molar-refractivity contribution is 0.685. The third-order valence-electron chi connectivity index (χ3n) is 3.00. The highest BCUT2D eigenvalue weighted by Crippen LogP contribution is 2.18. The number of hydrogen-bond acceptors (Lipinski definition) is 3. The van der Waals surface area contributed by atoms with Crippen molar-refractivity contribution in [3.05, 3.63) is 39.3 Å². The first-order valence-corrected chi connectivity index (χ1v) is 7.35.